The van der Waals surface area contributed by atoms with Gasteiger partial charge in [0.15, 0.2) is 5.82 Å². The SMILES string of the molecule is CCC(c1nc(C2CCCCCCC2)no1)C(C)NC. The van der Waals surface area contributed by atoms with Crippen LogP contribution < -0.4 is 5.32 Å². The first-order chi connectivity index (χ1) is 9.76. The smallest absolute Gasteiger partial charge is 0.231 e. The predicted molar refractivity (Wildman–Crippen MR) is 80.9 cm³/mol. The molecule has 2 unspecified atom stereocenters. The maximum Gasteiger partial charge on any atom is 0.231 e. The number of hydrogen-bond donors (Lipinski definition) is 1. The maximum atomic E-state index is 5.56. The van der Waals surface area contributed by atoms with Crippen LogP contribution in [0.3, 0.4) is 0 Å². The van der Waals surface area contributed by atoms with E-state index in [1.54, 1.807) is 0 Å². The van der Waals surface area contributed by atoms with Crippen molar-refractivity contribution in [2.45, 2.75) is 83.1 Å². The van der Waals surface area contributed by atoms with Crippen LogP contribution in [0.2, 0.25) is 0 Å². The highest BCUT2D eigenvalue weighted by molar-refractivity contribution is 5.01. The Morgan fingerprint density at radius 1 is 1.20 bits per heavy atom. The third kappa shape index (κ3) is 3.81. The van der Waals surface area contributed by atoms with Gasteiger partial charge in [-0.3, -0.25) is 0 Å². The van der Waals surface area contributed by atoms with Crippen molar-refractivity contribution in [3.05, 3.63) is 11.7 Å². The lowest BCUT2D eigenvalue weighted by molar-refractivity contribution is 0.316. The van der Waals surface area contributed by atoms with Gasteiger partial charge < -0.3 is 9.84 Å². The number of nitrogens with one attached hydrogen (secondary N) is 1. The van der Waals surface area contributed by atoms with Crippen LogP contribution in [-0.4, -0.2) is 23.2 Å². The summed E-state index contributed by atoms with van der Waals surface area (Å²) in [6.45, 7) is 4.35. The predicted octanol–water partition coefficient (Wildman–Crippen LogP) is 4.00. The van der Waals surface area contributed by atoms with Gasteiger partial charge in [-0.15, -0.1) is 0 Å². The topological polar surface area (TPSA) is 51.0 Å². The molecule has 0 saturated heterocycles. The summed E-state index contributed by atoms with van der Waals surface area (Å²) in [5.41, 5.74) is 0. The number of likely N-dealkylation sites (N-methyl/N-ethyl adjacent to an activating group) is 1. The summed E-state index contributed by atoms with van der Waals surface area (Å²) in [5.74, 6) is 2.58. The summed E-state index contributed by atoms with van der Waals surface area (Å²) >= 11 is 0. The Kier molecular flexibility index (Phi) is 6.02. The molecule has 0 aliphatic heterocycles. The molecule has 0 spiro atoms. The van der Waals surface area contributed by atoms with Gasteiger partial charge in [-0.1, -0.05) is 44.2 Å². The molecule has 4 heteroatoms. The highest BCUT2D eigenvalue weighted by Crippen LogP contribution is 2.30. The van der Waals surface area contributed by atoms with Gasteiger partial charge in [-0.2, -0.15) is 4.98 Å². The molecule has 1 aromatic heterocycles. The minimum atomic E-state index is 0.315. The Hall–Kier alpha value is -0.900. The van der Waals surface area contributed by atoms with Crippen molar-refractivity contribution in [3.63, 3.8) is 0 Å². The van der Waals surface area contributed by atoms with E-state index < -0.39 is 0 Å². The number of hydrogen-bond acceptors (Lipinski definition) is 4. The van der Waals surface area contributed by atoms with Crippen LogP contribution in [0, 0.1) is 0 Å². The van der Waals surface area contributed by atoms with Crippen LogP contribution >= 0.6 is 0 Å². The van der Waals surface area contributed by atoms with Crippen molar-refractivity contribution in [1.82, 2.24) is 15.5 Å². The first kappa shape index (κ1) is 15.5. The van der Waals surface area contributed by atoms with E-state index in [1.807, 2.05) is 7.05 Å². The first-order valence-electron chi connectivity index (χ1n) is 8.27. The lowest BCUT2D eigenvalue weighted by Gasteiger charge is -2.18. The highest BCUT2D eigenvalue weighted by Gasteiger charge is 2.25. The van der Waals surface area contributed by atoms with Gasteiger partial charge >= 0.3 is 0 Å². The van der Waals surface area contributed by atoms with E-state index in [0.29, 0.717) is 17.9 Å². The largest absolute Gasteiger partial charge is 0.339 e. The van der Waals surface area contributed by atoms with Crippen molar-refractivity contribution in [2.75, 3.05) is 7.05 Å². The van der Waals surface area contributed by atoms with Crippen molar-refractivity contribution in [3.8, 4) is 0 Å². The first-order valence-corrected chi connectivity index (χ1v) is 8.27. The monoisotopic (exact) mass is 279 g/mol. The van der Waals surface area contributed by atoms with Gasteiger partial charge in [0.2, 0.25) is 5.89 Å². The average Bonchev–Trinajstić information content (AvgIpc) is 2.88. The van der Waals surface area contributed by atoms with Gasteiger partial charge in [-0.05, 0) is 33.2 Å². The third-order valence-electron chi connectivity index (χ3n) is 4.74. The molecule has 0 bridgehead atoms. The molecule has 1 heterocycles. The van der Waals surface area contributed by atoms with E-state index in [1.165, 1.54) is 44.9 Å². The molecule has 114 valence electrons. The molecular weight excluding hydrogens is 250 g/mol. The fraction of sp³-hybridized carbons (Fsp3) is 0.875. The standard InChI is InChI=1S/C16H29N3O/c1-4-14(12(2)17-3)16-18-15(19-20-16)13-10-8-6-5-7-9-11-13/h12-14,17H,4-11H2,1-3H3. The van der Waals surface area contributed by atoms with Crippen molar-refractivity contribution in [2.24, 2.45) is 0 Å². The third-order valence-corrected chi connectivity index (χ3v) is 4.74. The van der Waals surface area contributed by atoms with Crippen molar-refractivity contribution >= 4 is 0 Å². The summed E-state index contributed by atoms with van der Waals surface area (Å²) in [6, 6.07) is 0.366. The van der Waals surface area contributed by atoms with Crippen molar-refractivity contribution < 1.29 is 4.52 Å². The summed E-state index contributed by atoms with van der Waals surface area (Å²) in [7, 11) is 1.99. The molecule has 0 aromatic carbocycles. The normalized spacial score (nSPS) is 21.1. The Bertz CT molecular complexity index is 383. The second kappa shape index (κ2) is 7.77. The van der Waals surface area contributed by atoms with Gasteiger partial charge in [0.25, 0.3) is 0 Å². The van der Waals surface area contributed by atoms with Crippen molar-refractivity contribution in [1.29, 1.82) is 0 Å². The van der Waals surface area contributed by atoms with Gasteiger partial charge in [0, 0.05) is 12.0 Å². The molecule has 1 aromatic rings. The molecule has 4 nitrogen and oxygen atoms in total. The second-order valence-corrected chi connectivity index (χ2v) is 6.12. The van der Waals surface area contributed by atoms with E-state index in [2.05, 4.69) is 24.3 Å². The zero-order valence-electron chi connectivity index (χ0n) is 13.2. The van der Waals surface area contributed by atoms with Gasteiger partial charge in [0.05, 0.1) is 5.92 Å². The minimum Gasteiger partial charge on any atom is -0.339 e. The number of nitrogens with zero attached hydrogens (tertiary/aromatic N) is 2. The van der Waals surface area contributed by atoms with E-state index in [0.717, 1.165) is 18.1 Å². The van der Waals surface area contributed by atoms with E-state index in [9.17, 15) is 0 Å². The summed E-state index contributed by atoms with van der Waals surface area (Å²) in [6.07, 6.45) is 10.2. The lowest BCUT2D eigenvalue weighted by Crippen LogP contribution is -2.28. The Balaban J connectivity index is 2.06. The highest BCUT2D eigenvalue weighted by atomic mass is 16.5. The fourth-order valence-corrected chi connectivity index (χ4v) is 3.22. The van der Waals surface area contributed by atoms with Crippen LogP contribution in [0.15, 0.2) is 4.52 Å². The molecule has 2 atom stereocenters. The Labute approximate surface area is 122 Å². The molecule has 0 amide bonds. The Morgan fingerprint density at radius 2 is 1.85 bits per heavy atom. The zero-order valence-corrected chi connectivity index (χ0v) is 13.2. The number of aromatic nitrogens is 2. The second-order valence-electron chi connectivity index (χ2n) is 6.12. The molecule has 1 saturated carbocycles. The summed E-state index contributed by atoms with van der Waals surface area (Å²) in [4.78, 5) is 4.73. The zero-order chi connectivity index (χ0) is 14.4. The minimum absolute atomic E-state index is 0.315. The summed E-state index contributed by atoms with van der Waals surface area (Å²) in [5, 5.41) is 7.58. The molecule has 0 radical (unpaired) electrons. The summed E-state index contributed by atoms with van der Waals surface area (Å²) < 4.78 is 5.56. The van der Waals surface area contributed by atoms with Crippen LogP contribution in [-0.2, 0) is 0 Å². The van der Waals surface area contributed by atoms with Crippen LogP contribution in [0.1, 0.15) is 88.8 Å². The Morgan fingerprint density at radius 3 is 2.45 bits per heavy atom. The van der Waals surface area contributed by atoms with Crippen LogP contribution in [0.25, 0.3) is 0 Å². The molecule has 20 heavy (non-hydrogen) atoms. The van der Waals surface area contributed by atoms with Crippen LogP contribution in [0.5, 0.6) is 0 Å². The van der Waals surface area contributed by atoms with E-state index in [-0.39, 0.29) is 0 Å². The average molecular weight is 279 g/mol. The van der Waals surface area contributed by atoms with Gasteiger partial charge in [0.1, 0.15) is 0 Å². The molecular formula is C16H29N3O. The number of rotatable bonds is 5. The van der Waals surface area contributed by atoms with E-state index in [4.69, 9.17) is 9.51 Å². The molecule has 1 fully saturated rings. The molecule has 1 aliphatic rings. The molecule has 2 rings (SSSR count). The maximum absolute atomic E-state index is 5.56. The van der Waals surface area contributed by atoms with Gasteiger partial charge in [-0.25, -0.2) is 0 Å². The van der Waals surface area contributed by atoms with E-state index >= 15 is 0 Å². The van der Waals surface area contributed by atoms with Crippen LogP contribution in [0.4, 0.5) is 0 Å². The molecule has 1 aliphatic carbocycles. The quantitative estimate of drug-likeness (QED) is 0.885. The fourth-order valence-electron chi connectivity index (χ4n) is 3.22. The molecule has 1 N–H and O–H groups in total. The lowest BCUT2D eigenvalue weighted by atomic mass is 9.90.